The number of aromatic nitrogens is 6. The molecule has 0 bridgehead atoms. The molecular formula is C28H26FN7O. The van der Waals surface area contributed by atoms with Crippen LogP contribution in [0.25, 0.3) is 28.0 Å². The van der Waals surface area contributed by atoms with Gasteiger partial charge in [0.05, 0.1) is 17.9 Å². The Labute approximate surface area is 213 Å². The highest BCUT2D eigenvalue weighted by atomic mass is 19.1. The molecule has 0 spiro atoms. The smallest absolute Gasteiger partial charge is 0.272 e. The Morgan fingerprint density at radius 3 is 2.73 bits per heavy atom. The first kappa shape index (κ1) is 23.0. The van der Waals surface area contributed by atoms with Gasteiger partial charge in [0, 0.05) is 17.7 Å². The summed E-state index contributed by atoms with van der Waals surface area (Å²) in [6.07, 6.45) is 9.65. The maximum Gasteiger partial charge on any atom is 0.272 e. The molecular weight excluding hydrogens is 469 g/mol. The maximum atomic E-state index is 13.3. The van der Waals surface area contributed by atoms with E-state index in [1.165, 1.54) is 31.3 Å². The SMILES string of the molecule is C[C@@H](NC(=O)c1ncnc2nc(C3CCCC3)[nH]c12)c1cccc(-c2cnn(-c3ccc(F)cc3)c2)c1. The van der Waals surface area contributed by atoms with Gasteiger partial charge < -0.3 is 10.3 Å². The van der Waals surface area contributed by atoms with Crippen molar-refractivity contribution in [1.29, 1.82) is 0 Å². The largest absolute Gasteiger partial charge is 0.344 e. The summed E-state index contributed by atoms with van der Waals surface area (Å²) in [5, 5.41) is 7.48. The van der Waals surface area contributed by atoms with Crippen molar-refractivity contribution < 1.29 is 9.18 Å². The van der Waals surface area contributed by atoms with Crippen LogP contribution in [0.15, 0.2) is 67.3 Å². The van der Waals surface area contributed by atoms with Crippen molar-refractivity contribution in [2.24, 2.45) is 0 Å². The number of benzene rings is 2. The molecule has 1 fully saturated rings. The van der Waals surface area contributed by atoms with Crippen molar-refractivity contribution in [3.63, 3.8) is 0 Å². The van der Waals surface area contributed by atoms with Gasteiger partial charge in [-0.2, -0.15) is 5.10 Å². The van der Waals surface area contributed by atoms with Gasteiger partial charge in [-0.15, -0.1) is 0 Å². The van der Waals surface area contributed by atoms with E-state index < -0.39 is 0 Å². The van der Waals surface area contributed by atoms with Crippen molar-refractivity contribution >= 4 is 17.1 Å². The van der Waals surface area contributed by atoms with Crippen molar-refractivity contribution in [1.82, 2.24) is 35.0 Å². The third kappa shape index (κ3) is 4.60. The molecule has 0 saturated heterocycles. The number of fused-ring (bicyclic) bond motifs is 1. The van der Waals surface area contributed by atoms with Crippen LogP contribution in [0.2, 0.25) is 0 Å². The number of hydrogen-bond donors (Lipinski definition) is 2. The van der Waals surface area contributed by atoms with Gasteiger partial charge in [-0.25, -0.2) is 24.0 Å². The second-order valence-corrected chi connectivity index (χ2v) is 9.49. The highest BCUT2D eigenvalue weighted by molar-refractivity contribution is 6.02. The van der Waals surface area contributed by atoms with Crippen LogP contribution >= 0.6 is 0 Å². The molecule has 9 heteroatoms. The molecule has 1 atom stereocenters. The first-order valence-corrected chi connectivity index (χ1v) is 12.5. The number of H-pyrrole nitrogens is 1. The minimum Gasteiger partial charge on any atom is -0.344 e. The minimum absolute atomic E-state index is 0.262. The lowest BCUT2D eigenvalue weighted by atomic mass is 10.0. The Morgan fingerprint density at radius 1 is 1.11 bits per heavy atom. The van der Waals surface area contributed by atoms with Gasteiger partial charge in [0.2, 0.25) is 0 Å². The number of carbonyl (C=O) groups excluding carboxylic acids is 1. The van der Waals surface area contributed by atoms with Gasteiger partial charge in [0.25, 0.3) is 5.91 Å². The van der Waals surface area contributed by atoms with E-state index in [-0.39, 0.29) is 17.8 Å². The van der Waals surface area contributed by atoms with Crippen molar-refractivity contribution in [3.05, 3.63) is 90.2 Å². The monoisotopic (exact) mass is 495 g/mol. The van der Waals surface area contributed by atoms with E-state index in [2.05, 4.69) is 30.4 Å². The Kier molecular flexibility index (Phi) is 5.96. The molecule has 0 aliphatic heterocycles. The van der Waals surface area contributed by atoms with E-state index in [4.69, 9.17) is 0 Å². The number of imidazole rings is 1. The summed E-state index contributed by atoms with van der Waals surface area (Å²) in [6, 6.07) is 13.9. The molecule has 37 heavy (non-hydrogen) atoms. The van der Waals surface area contributed by atoms with Crippen LogP contribution in [0.1, 0.15) is 66.4 Å². The number of hydrogen-bond acceptors (Lipinski definition) is 5. The van der Waals surface area contributed by atoms with Gasteiger partial charge in [0.15, 0.2) is 11.3 Å². The van der Waals surface area contributed by atoms with Crippen LogP contribution in [0.4, 0.5) is 4.39 Å². The summed E-state index contributed by atoms with van der Waals surface area (Å²) in [5.74, 6) is 0.712. The van der Waals surface area contributed by atoms with E-state index in [9.17, 15) is 9.18 Å². The first-order chi connectivity index (χ1) is 18.0. The number of nitrogens with one attached hydrogen (secondary N) is 2. The van der Waals surface area contributed by atoms with Crippen LogP contribution in [-0.4, -0.2) is 35.6 Å². The van der Waals surface area contributed by atoms with E-state index >= 15 is 0 Å². The van der Waals surface area contributed by atoms with E-state index in [1.54, 1.807) is 23.0 Å². The highest BCUT2D eigenvalue weighted by Crippen LogP contribution is 2.33. The highest BCUT2D eigenvalue weighted by Gasteiger charge is 2.24. The molecule has 1 saturated carbocycles. The van der Waals surface area contributed by atoms with E-state index in [0.29, 0.717) is 22.8 Å². The standard InChI is InChI=1S/C28H26FN7O/c1-17(33-28(37)25-24-27(31-16-30-25)35-26(34-24)18-5-2-3-6-18)19-7-4-8-20(13-19)21-14-32-36(15-21)23-11-9-22(29)10-12-23/h4,7-18H,2-3,5-6H2,1H3,(H,33,37)(H,30,31,34,35)/t17-/m1/s1. The third-order valence-corrected chi connectivity index (χ3v) is 7.00. The molecule has 3 aromatic heterocycles. The lowest BCUT2D eigenvalue weighted by Gasteiger charge is -2.15. The van der Waals surface area contributed by atoms with E-state index in [1.807, 2.05) is 37.4 Å². The van der Waals surface area contributed by atoms with Crippen molar-refractivity contribution in [3.8, 4) is 16.8 Å². The lowest BCUT2D eigenvalue weighted by molar-refractivity contribution is 0.0936. The molecule has 1 amide bonds. The van der Waals surface area contributed by atoms with Gasteiger partial charge in [0.1, 0.15) is 23.5 Å². The first-order valence-electron chi connectivity index (χ1n) is 12.5. The molecule has 6 rings (SSSR count). The molecule has 2 N–H and O–H groups in total. The van der Waals surface area contributed by atoms with Crippen LogP contribution in [0.5, 0.6) is 0 Å². The summed E-state index contributed by atoms with van der Waals surface area (Å²) in [6.45, 7) is 1.94. The average molecular weight is 496 g/mol. The number of amides is 1. The minimum atomic E-state index is -0.288. The average Bonchev–Trinajstić information content (AvgIpc) is 3.69. The molecule has 0 unspecified atom stereocenters. The second-order valence-electron chi connectivity index (χ2n) is 9.49. The van der Waals surface area contributed by atoms with E-state index in [0.717, 1.165) is 41.0 Å². The zero-order valence-electron chi connectivity index (χ0n) is 20.4. The van der Waals surface area contributed by atoms with Crippen molar-refractivity contribution in [2.45, 2.75) is 44.6 Å². The van der Waals surface area contributed by atoms with Crippen LogP contribution < -0.4 is 5.32 Å². The maximum absolute atomic E-state index is 13.3. The zero-order chi connectivity index (χ0) is 25.4. The van der Waals surface area contributed by atoms with Crippen LogP contribution in [0, 0.1) is 5.82 Å². The molecule has 5 aromatic rings. The van der Waals surface area contributed by atoms with Crippen LogP contribution in [-0.2, 0) is 0 Å². The molecule has 8 nitrogen and oxygen atoms in total. The number of carbonyl (C=O) groups is 1. The fourth-order valence-corrected chi connectivity index (χ4v) is 4.95. The lowest BCUT2D eigenvalue weighted by Crippen LogP contribution is -2.27. The number of rotatable bonds is 6. The second kappa shape index (κ2) is 9.57. The Balaban J connectivity index is 1.21. The number of halogens is 1. The fraction of sp³-hybridized carbons (Fsp3) is 0.250. The molecule has 0 radical (unpaired) electrons. The van der Waals surface area contributed by atoms with Gasteiger partial charge >= 0.3 is 0 Å². The summed E-state index contributed by atoms with van der Waals surface area (Å²) < 4.78 is 15.0. The predicted octanol–water partition coefficient (Wildman–Crippen LogP) is 5.49. The summed E-state index contributed by atoms with van der Waals surface area (Å²) >= 11 is 0. The molecule has 2 aromatic carbocycles. The van der Waals surface area contributed by atoms with Gasteiger partial charge in [-0.05, 0) is 61.2 Å². The van der Waals surface area contributed by atoms with Gasteiger partial charge in [-0.1, -0.05) is 31.0 Å². The Hall–Kier alpha value is -4.40. The predicted molar refractivity (Wildman–Crippen MR) is 138 cm³/mol. The molecule has 186 valence electrons. The third-order valence-electron chi connectivity index (χ3n) is 7.00. The van der Waals surface area contributed by atoms with Gasteiger partial charge in [-0.3, -0.25) is 4.79 Å². The number of nitrogens with zero attached hydrogens (tertiary/aromatic N) is 5. The normalized spacial score (nSPS) is 14.8. The molecule has 1 aliphatic carbocycles. The topological polar surface area (TPSA) is 101 Å². The van der Waals surface area contributed by atoms with Crippen LogP contribution in [0.3, 0.4) is 0 Å². The van der Waals surface area contributed by atoms with Crippen molar-refractivity contribution in [2.75, 3.05) is 0 Å². The fourth-order valence-electron chi connectivity index (χ4n) is 4.95. The summed E-state index contributed by atoms with van der Waals surface area (Å²) in [5.41, 5.74) is 5.00. The Bertz CT molecular complexity index is 1570. The zero-order valence-corrected chi connectivity index (χ0v) is 20.4. The molecule has 1 aliphatic rings. The quantitative estimate of drug-likeness (QED) is 0.324. The summed E-state index contributed by atoms with van der Waals surface area (Å²) in [7, 11) is 0. The molecule has 3 heterocycles. The summed E-state index contributed by atoms with van der Waals surface area (Å²) in [4.78, 5) is 29.7. The Morgan fingerprint density at radius 2 is 1.92 bits per heavy atom. The number of aromatic amines is 1.